The number of hydrogen-bond acceptors (Lipinski definition) is 3. The molecule has 1 unspecified atom stereocenters. The predicted molar refractivity (Wildman–Crippen MR) is 66.5 cm³/mol. The van der Waals surface area contributed by atoms with E-state index in [0.29, 0.717) is 26.1 Å². The molecule has 1 fully saturated rings. The summed E-state index contributed by atoms with van der Waals surface area (Å²) in [6.07, 6.45) is 0.333. The molecule has 5 heteroatoms. The summed E-state index contributed by atoms with van der Waals surface area (Å²) in [5, 5.41) is 4.71. The van der Waals surface area contributed by atoms with Crippen LogP contribution in [0.5, 0.6) is 0 Å². The number of carbonyl (C=O) groups is 2. The molecule has 0 radical (unpaired) electrons. The number of nitrogens with zero attached hydrogens (tertiary/aromatic N) is 1. The highest BCUT2D eigenvalue weighted by molar-refractivity contribution is 7.09. The molecule has 1 aliphatic heterocycles. The van der Waals surface area contributed by atoms with Gasteiger partial charge in [0.1, 0.15) is 0 Å². The van der Waals surface area contributed by atoms with Crippen LogP contribution >= 0.6 is 11.3 Å². The Balaban J connectivity index is 1.98. The van der Waals surface area contributed by atoms with E-state index < -0.39 is 0 Å². The first-order chi connectivity index (χ1) is 8.20. The maximum absolute atomic E-state index is 12.2. The van der Waals surface area contributed by atoms with Crippen molar-refractivity contribution in [3.05, 3.63) is 22.4 Å². The quantitative estimate of drug-likeness (QED) is 0.876. The van der Waals surface area contributed by atoms with Gasteiger partial charge in [0, 0.05) is 24.4 Å². The summed E-state index contributed by atoms with van der Waals surface area (Å²) in [5.41, 5.74) is 0. The van der Waals surface area contributed by atoms with E-state index in [9.17, 15) is 9.59 Å². The van der Waals surface area contributed by atoms with E-state index >= 15 is 0 Å². The second-order valence-electron chi connectivity index (χ2n) is 4.14. The number of amides is 2. The van der Waals surface area contributed by atoms with Crippen LogP contribution in [0.15, 0.2) is 17.5 Å². The summed E-state index contributed by atoms with van der Waals surface area (Å²) >= 11 is 1.65. The van der Waals surface area contributed by atoms with Crippen LogP contribution in [0.4, 0.5) is 0 Å². The summed E-state index contributed by atoms with van der Waals surface area (Å²) in [6, 6.07) is 4.01. The van der Waals surface area contributed by atoms with Crippen molar-refractivity contribution < 1.29 is 9.59 Å². The molecule has 1 aromatic rings. The van der Waals surface area contributed by atoms with Crippen LogP contribution in [0.25, 0.3) is 0 Å². The van der Waals surface area contributed by atoms with Gasteiger partial charge in [0.15, 0.2) is 0 Å². The van der Waals surface area contributed by atoms with E-state index in [1.54, 1.807) is 11.3 Å². The first kappa shape index (κ1) is 12.1. The molecule has 17 heavy (non-hydrogen) atoms. The normalized spacial score (nSPS) is 19.1. The van der Waals surface area contributed by atoms with E-state index in [4.69, 9.17) is 0 Å². The Bertz CT molecular complexity index is 403. The fourth-order valence-electron chi connectivity index (χ4n) is 1.97. The van der Waals surface area contributed by atoms with Crippen molar-refractivity contribution in [2.24, 2.45) is 5.92 Å². The van der Waals surface area contributed by atoms with Gasteiger partial charge in [0.2, 0.25) is 11.8 Å². The van der Waals surface area contributed by atoms with Crippen molar-refractivity contribution in [2.75, 3.05) is 13.1 Å². The Morgan fingerprint density at radius 1 is 1.65 bits per heavy atom. The van der Waals surface area contributed by atoms with Gasteiger partial charge in [-0.25, -0.2) is 0 Å². The molecule has 0 spiro atoms. The van der Waals surface area contributed by atoms with E-state index in [2.05, 4.69) is 5.32 Å². The molecule has 2 heterocycles. The van der Waals surface area contributed by atoms with Crippen LogP contribution in [-0.2, 0) is 16.1 Å². The van der Waals surface area contributed by atoms with E-state index in [0.717, 1.165) is 0 Å². The molecule has 4 nitrogen and oxygen atoms in total. The Kier molecular flexibility index (Phi) is 3.78. The number of carbonyl (C=O) groups excluding carboxylic acids is 2. The lowest BCUT2D eigenvalue weighted by Crippen LogP contribution is -2.36. The van der Waals surface area contributed by atoms with Crippen molar-refractivity contribution in [3.8, 4) is 0 Å². The molecule has 92 valence electrons. The molecule has 1 saturated heterocycles. The second kappa shape index (κ2) is 5.31. The van der Waals surface area contributed by atoms with E-state index in [1.165, 1.54) is 4.88 Å². The van der Waals surface area contributed by atoms with E-state index in [1.807, 2.05) is 29.3 Å². The lowest BCUT2D eigenvalue weighted by Gasteiger charge is -2.22. The van der Waals surface area contributed by atoms with Gasteiger partial charge in [0.05, 0.1) is 12.5 Å². The van der Waals surface area contributed by atoms with Gasteiger partial charge in [-0.1, -0.05) is 6.07 Å². The largest absolute Gasteiger partial charge is 0.355 e. The third kappa shape index (κ3) is 2.85. The summed E-state index contributed by atoms with van der Waals surface area (Å²) < 4.78 is 0. The highest BCUT2D eigenvalue weighted by Gasteiger charge is 2.30. The molecular formula is C12H16N2O2S. The lowest BCUT2D eigenvalue weighted by atomic mass is 10.1. The predicted octanol–water partition coefficient (Wildman–Crippen LogP) is 1.23. The van der Waals surface area contributed by atoms with Crippen LogP contribution < -0.4 is 5.32 Å². The molecule has 1 aliphatic rings. The minimum absolute atomic E-state index is 0.0180. The van der Waals surface area contributed by atoms with Crippen LogP contribution in [-0.4, -0.2) is 29.8 Å². The van der Waals surface area contributed by atoms with Gasteiger partial charge in [-0.2, -0.15) is 0 Å². The van der Waals surface area contributed by atoms with Gasteiger partial charge in [-0.15, -0.1) is 11.3 Å². The van der Waals surface area contributed by atoms with Crippen molar-refractivity contribution in [2.45, 2.75) is 19.9 Å². The van der Waals surface area contributed by atoms with Gasteiger partial charge >= 0.3 is 0 Å². The standard InChI is InChI=1S/C12H16N2O2S/c1-2-14(8-10-4-3-5-17-10)12(16)9-6-11(15)13-7-9/h3-5,9H,2,6-8H2,1H3,(H,13,15). The Morgan fingerprint density at radius 3 is 3.00 bits per heavy atom. The van der Waals surface area contributed by atoms with Crippen LogP contribution in [0.2, 0.25) is 0 Å². The molecular weight excluding hydrogens is 236 g/mol. The average molecular weight is 252 g/mol. The SMILES string of the molecule is CCN(Cc1cccs1)C(=O)C1CNC(=O)C1. The molecule has 2 amide bonds. The third-order valence-corrected chi connectivity index (χ3v) is 3.81. The van der Waals surface area contributed by atoms with E-state index in [-0.39, 0.29) is 17.7 Å². The molecule has 1 atom stereocenters. The van der Waals surface area contributed by atoms with Crippen LogP contribution in [0.3, 0.4) is 0 Å². The second-order valence-corrected chi connectivity index (χ2v) is 5.17. The van der Waals surface area contributed by atoms with Gasteiger partial charge in [-0.3, -0.25) is 9.59 Å². The number of hydrogen-bond donors (Lipinski definition) is 1. The van der Waals surface area contributed by atoms with Crippen LogP contribution in [0, 0.1) is 5.92 Å². The first-order valence-corrected chi connectivity index (χ1v) is 6.66. The van der Waals surface area contributed by atoms with Crippen molar-refractivity contribution in [1.29, 1.82) is 0 Å². The molecule has 0 aliphatic carbocycles. The zero-order valence-electron chi connectivity index (χ0n) is 9.81. The lowest BCUT2D eigenvalue weighted by molar-refractivity contribution is -0.136. The summed E-state index contributed by atoms with van der Waals surface area (Å²) in [5.74, 6) is -0.114. The molecule has 0 aromatic carbocycles. The summed E-state index contributed by atoms with van der Waals surface area (Å²) in [7, 11) is 0. The van der Waals surface area contributed by atoms with Crippen LogP contribution in [0.1, 0.15) is 18.2 Å². The Hall–Kier alpha value is -1.36. The van der Waals surface area contributed by atoms with Gasteiger partial charge < -0.3 is 10.2 Å². The number of thiophene rings is 1. The van der Waals surface area contributed by atoms with Gasteiger partial charge in [-0.05, 0) is 18.4 Å². The number of rotatable bonds is 4. The zero-order valence-corrected chi connectivity index (χ0v) is 10.6. The zero-order chi connectivity index (χ0) is 12.3. The van der Waals surface area contributed by atoms with Crippen molar-refractivity contribution in [1.82, 2.24) is 10.2 Å². The highest BCUT2D eigenvalue weighted by atomic mass is 32.1. The fraction of sp³-hybridized carbons (Fsp3) is 0.500. The Labute approximate surface area is 105 Å². The van der Waals surface area contributed by atoms with Crippen molar-refractivity contribution >= 4 is 23.2 Å². The maximum Gasteiger partial charge on any atom is 0.228 e. The molecule has 1 aromatic heterocycles. The average Bonchev–Trinajstić information content (AvgIpc) is 2.96. The minimum Gasteiger partial charge on any atom is -0.355 e. The maximum atomic E-state index is 12.2. The summed E-state index contributed by atoms with van der Waals surface area (Å²) in [4.78, 5) is 26.3. The monoisotopic (exact) mass is 252 g/mol. The summed E-state index contributed by atoms with van der Waals surface area (Å²) in [6.45, 7) is 3.79. The third-order valence-electron chi connectivity index (χ3n) is 2.95. The van der Waals surface area contributed by atoms with Crippen molar-refractivity contribution in [3.63, 3.8) is 0 Å². The smallest absolute Gasteiger partial charge is 0.228 e. The topological polar surface area (TPSA) is 49.4 Å². The molecule has 0 saturated carbocycles. The molecule has 1 N–H and O–H groups in total. The number of nitrogens with one attached hydrogen (secondary N) is 1. The fourth-order valence-corrected chi connectivity index (χ4v) is 2.69. The first-order valence-electron chi connectivity index (χ1n) is 5.78. The Morgan fingerprint density at radius 2 is 2.47 bits per heavy atom. The minimum atomic E-state index is -0.178. The molecule has 2 rings (SSSR count). The molecule has 0 bridgehead atoms. The van der Waals surface area contributed by atoms with Gasteiger partial charge in [0.25, 0.3) is 0 Å². The highest BCUT2D eigenvalue weighted by Crippen LogP contribution is 2.17.